The van der Waals surface area contributed by atoms with Gasteiger partial charge in [0.05, 0.1) is 4.88 Å². The van der Waals surface area contributed by atoms with E-state index in [-0.39, 0.29) is 5.91 Å². The molecule has 0 radical (unpaired) electrons. The van der Waals surface area contributed by atoms with Crippen LogP contribution in [0.1, 0.15) is 31.4 Å². The Bertz CT molecular complexity index is 555. The first-order chi connectivity index (χ1) is 8.13. The molecule has 17 heavy (non-hydrogen) atoms. The van der Waals surface area contributed by atoms with Gasteiger partial charge in [-0.05, 0) is 31.4 Å². The van der Waals surface area contributed by atoms with Crippen LogP contribution in [0.2, 0.25) is 0 Å². The van der Waals surface area contributed by atoms with Crippen molar-refractivity contribution in [3.05, 3.63) is 45.4 Å². The summed E-state index contributed by atoms with van der Waals surface area (Å²) in [6.45, 7) is 3.64. The molecule has 0 saturated heterocycles. The number of hydrogen-bond donors (Lipinski definition) is 1. The first-order valence-electron chi connectivity index (χ1n) is 5.12. The van der Waals surface area contributed by atoms with Crippen molar-refractivity contribution in [2.75, 3.05) is 5.43 Å². The topological polar surface area (TPSA) is 51.1 Å². The molecule has 0 aliphatic carbocycles. The van der Waals surface area contributed by atoms with E-state index in [2.05, 4.69) is 5.43 Å². The normalized spacial score (nSPS) is 10.2. The van der Waals surface area contributed by atoms with E-state index in [1.807, 2.05) is 18.4 Å². The smallest absolute Gasteiger partial charge is 0.280 e. The Morgan fingerprint density at radius 2 is 2.24 bits per heavy atom. The van der Waals surface area contributed by atoms with E-state index in [1.54, 1.807) is 23.7 Å². The van der Waals surface area contributed by atoms with Gasteiger partial charge in [-0.15, -0.1) is 11.3 Å². The second-order valence-corrected chi connectivity index (χ2v) is 4.65. The Kier molecular flexibility index (Phi) is 3.10. The molecule has 2 heterocycles. The Morgan fingerprint density at radius 1 is 1.47 bits per heavy atom. The van der Waals surface area contributed by atoms with E-state index in [9.17, 15) is 9.59 Å². The fourth-order valence-electron chi connectivity index (χ4n) is 1.64. The van der Waals surface area contributed by atoms with Crippen LogP contribution in [-0.2, 0) is 0 Å². The molecule has 5 heteroatoms. The van der Waals surface area contributed by atoms with Gasteiger partial charge in [-0.2, -0.15) is 0 Å². The highest BCUT2D eigenvalue weighted by Crippen LogP contribution is 2.13. The van der Waals surface area contributed by atoms with Gasteiger partial charge >= 0.3 is 0 Å². The quantitative estimate of drug-likeness (QED) is 0.848. The summed E-state index contributed by atoms with van der Waals surface area (Å²) < 4.78 is 1.63. The van der Waals surface area contributed by atoms with Crippen molar-refractivity contribution < 1.29 is 9.59 Å². The maximum Gasteiger partial charge on any atom is 0.280 e. The number of aryl methyl sites for hydroxylation is 1. The van der Waals surface area contributed by atoms with E-state index >= 15 is 0 Å². The van der Waals surface area contributed by atoms with Crippen LogP contribution in [0.3, 0.4) is 0 Å². The zero-order valence-corrected chi connectivity index (χ0v) is 10.4. The highest BCUT2D eigenvalue weighted by atomic mass is 32.1. The molecule has 2 aromatic rings. The highest BCUT2D eigenvalue weighted by Gasteiger charge is 2.12. The van der Waals surface area contributed by atoms with Gasteiger partial charge in [0.15, 0.2) is 6.29 Å². The van der Waals surface area contributed by atoms with Gasteiger partial charge in [0, 0.05) is 17.0 Å². The van der Waals surface area contributed by atoms with Crippen LogP contribution >= 0.6 is 11.3 Å². The third-order valence-corrected chi connectivity index (χ3v) is 3.42. The van der Waals surface area contributed by atoms with Gasteiger partial charge in [-0.1, -0.05) is 6.07 Å². The molecule has 2 rings (SSSR count). The van der Waals surface area contributed by atoms with Crippen LogP contribution in [0.4, 0.5) is 0 Å². The van der Waals surface area contributed by atoms with Crippen molar-refractivity contribution in [3.8, 4) is 0 Å². The number of nitrogens with one attached hydrogen (secondary N) is 1. The van der Waals surface area contributed by atoms with Crippen LogP contribution in [-0.4, -0.2) is 16.9 Å². The summed E-state index contributed by atoms with van der Waals surface area (Å²) in [5, 5.41) is 1.85. The van der Waals surface area contributed by atoms with Gasteiger partial charge in [0.2, 0.25) is 0 Å². The number of carbonyl (C=O) groups is 2. The predicted octanol–water partition coefficient (Wildman–Crippen LogP) is 2.36. The molecule has 1 amide bonds. The lowest BCUT2D eigenvalue weighted by Gasteiger charge is -2.10. The molecule has 0 aromatic carbocycles. The first kappa shape index (κ1) is 11.6. The van der Waals surface area contributed by atoms with Crippen molar-refractivity contribution in [2.24, 2.45) is 0 Å². The summed E-state index contributed by atoms with van der Waals surface area (Å²) in [6, 6.07) is 5.33. The van der Waals surface area contributed by atoms with Crippen LogP contribution in [0.5, 0.6) is 0 Å². The minimum atomic E-state index is -0.167. The molecule has 0 bridgehead atoms. The van der Waals surface area contributed by atoms with Gasteiger partial charge < -0.3 is 0 Å². The molecular formula is C12H12N2O2S. The number of nitrogens with zero attached hydrogens (tertiary/aromatic N) is 1. The molecule has 0 fully saturated rings. The summed E-state index contributed by atoms with van der Waals surface area (Å²) in [6.07, 6.45) is 0.788. The Labute approximate surface area is 103 Å². The second kappa shape index (κ2) is 4.55. The number of aromatic nitrogens is 1. The van der Waals surface area contributed by atoms with Crippen molar-refractivity contribution >= 4 is 23.5 Å². The summed E-state index contributed by atoms with van der Waals surface area (Å²) in [4.78, 5) is 23.3. The van der Waals surface area contributed by atoms with Crippen molar-refractivity contribution in [3.63, 3.8) is 0 Å². The van der Waals surface area contributed by atoms with Crippen LogP contribution < -0.4 is 5.43 Å². The van der Waals surface area contributed by atoms with Gasteiger partial charge in [0.25, 0.3) is 5.91 Å². The Morgan fingerprint density at radius 3 is 2.76 bits per heavy atom. The fraction of sp³-hybridized carbons (Fsp3) is 0.167. The molecule has 4 nitrogen and oxygen atoms in total. The summed E-state index contributed by atoms with van der Waals surface area (Å²) >= 11 is 1.38. The Balaban J connectivity index is 2.28. The molecule has 0 aliphatic rings. The summed E-state index contributed by atoms with van der Waals surface area (Å²) in [5.41, 5.74) is 4.92. The van der Waals surface area contributed by atoms with Gasteiger partial charge in [0.1, 0.15) is 0 Å². The second-order valence-electron chi connectivity index (χ2n) is 3.70. The third kappa shape index (κ3) is 2.14. The van der Waals surface area contributed by atoms with E-state index in [0.717, 1.165) is 17.7 Å². The van der Waals surface area contributed by atoms with Crippen LogP contribution in [0, 0.1) is 13.8 Å². The molecule has 0 saturated carbocycles. The molecule has 1 N–H and O–H groups in total. The predicted molar refractivity (Wildman–Crippen MR) is 67.3 cm³/mol. The lowest BCUT2D eigenvalue weighted by molar-refractivity contribution is 0.101. The number of hydrogen-bond acceptors (Lipinski definition) is 3. The molecule has 0 unspecified atom stereocenters. The molecule has 88 valence electrons. The van der Waals surface area contributed by atoms with Crippen molar-refractivity contribution in [2.45, 2.75) is 13.8 Å². The van der Waals surface area contributed by atoms with E-state index in [0.29, 0.717) is 10.4 Å². The zero-order valence-electron chi connectivity index (χ0n) is 9.56. The molecular weight excluding hydrogens is 236 g/mol. The summed E-state index contributed by atoms with van der Waals surface area (Å²) in [5.74, 6) is -0.167. The third-order valence-electron chi connectivity index (χ3n) is 2.56. The maximum absolute atomic E-state index is 11.9. The number of aldehydes is 1. The highest BCUT2D eigenvalue weighted by molar-refractivity contribution is 7.12. The standard InChI is InChI=1S/C12H12N2O2S/c1-8-6-10(7-15)9(2)14(8)13-12(16)11-4-3-5-17-11/h3-7H,1-2H3,(H,13,16). The lowest BCUT2D eigenvalue weighted by atomic mass is 10.3. The lowest BCUT2D eigenvalue weighted by Crippen LogP contribution is -2.24. The minimum absolute atomic E-state index is 0.167. The number of amides is 1. The van der Waals surface area contributed by atoms with Crippen LogP contribution in [0.15, 0.2) is 23.6 Å². The van der Waals surface area contributed by atoms with E-state index in [1.165, 1.54) is 11.3 Å². The maximum atomic E-state index is 11.9. The average molecular weight is 248 g/mol. The average Bonchev–Trinajstić information content (AvgIpc) is 2.92. The molecule has 2 aromatic heterocycles. The molecule has 0 spiro atoms. The number of thiophene rings is 1. The molecule has 0 aliphatic heterocycles. The van der Waals surface area contributed by atoms with E-state index < -0.39 is 0 Å². The van der Waals surface area contributed by atoms with Crippen LogP contribution in [0.25, 0.3) is 0 Å². The zero-order chi connectivity index (χ0) is 12.4. The summed E-state index contributed by atoms with van der Waals surface area (Å²) in [7, 11) is 0. The van der Waals surface area contributed by atoms with Gasteiger partial charge in [-0.3, -0.25) is 19.7 Å². The first-order valence-corrected chi connectivity index (χ1v) is 6.00. The Hall–Kier alpha value is -1.88. The number of carbonyl (C=O) groups excluding carboxylic acids is 2. The number of rotatable bonds is 3. The monoisotopic (exact) mass is 248 g/mol. The SMILES string of the molecule is Cc1cc(C=O)c(C)n1NC(=O)c1cccs1. The minimum Gasteiger partial charge on any atom is -0.298 e. The van der Waals surface area contributed by atoms with E-state index in [4.69, 9.17) is 0 Å². The largest absolute Gasteiger partial charge is 0.298 e. The van der Waals surface area contributed by atoms with Gasteiger partial charge in [-0.25, -0.2) is 0 Å². The fourth-order valence-corrected chi connectivity index (χ4v) is 2.26. The molecule has 0 atom stereocenters. The van der Waals surface area contributed by atoms with Crippen molar-refractivity contribution in [1.29, 1.82) is 0 Å². The van der Waals surface area contributed by atoms with Crippen molar-refractivity contribution in [1.82, 2.24) is 4.68 Å².